The van der Waals surface area contributed by atoms with Crippen molar-refractivity contribution >= 4 is 29.0 Å². The Hall–Kier alpha value is -1.51. The minimum Gasteiger partial charge on any atom is -0.347 e. The SMILES string of the molecule is O=C(N[C@@H]1C[C@H]2CC[C@@H]1N2)c1ccc(Sc2cccc(C(F)(F)F)c2)s1. The highest BCUT2D eigenvalue weighted by atomic mass is 32.2. The Labute approximate surface area is 157 Å². The molecule has 138 valence electrons. The fraction of sp³-hybridized carbons (Fsp3) is 0.389. The maximum Gasteiger partial charge on any atom is 0.416 e. The number of fused-ring (bicyclic) bond motifs is 2. The fourth-order valence-corrected chi connectivity index (χ4v) is 5.64. The molecule has 2 N–H and O–H groups in total. The number of alkyl halides is 3. The summed E-state index contributed by atoms with van der Waals surface area (Å²) in [5.41, 5.74) is -0.666. The first-order valence-electron chi connectivity index (χ1n) is 8.40. The molecule has 1 aromatic carbocycles. The number of carbonyl (C=O) groups is 1. The number of hydrogen-bond donors (Lipinski definition) is 2. The zero-order chi connectivity index (χ0) is 18.3. The lowest BCUT2D eigenvalue weighted by atomic mass is 9.95. The molecule has 2 aromatic rings. The largest absolute Gasteiger partial charge is 0.416 e. The van der Waals surface area contributed by atoms with Gasteiger partial charge in [0.25, 0.3) is 5.91 Å². The third-order valence-corrected chi connectivity index (χ3v) is 7.01. The summed E-state index contributed by atoms with van der Waals surface area (Å²) in [5.74, 6) is -0.106. The Kier molecular flexibility index (Phi) is 4.75. The van der Waals surface area contributed by atoms with Crippen LogP contribution in [0.5, 0.6) is 0 Å². The Morgan fingerprint density at radius 3 is 2.77 bits per heavy atom. The molecular weight excluding hydrogens is 381 g/mol. The summed E-state index contributed by atoms with van der Waals surface area (Å²) in [6.45, 7) is 0. The summed E-state index contributed by atoms with van der Waals surface area (Å²) in [6.07, 6.45) is -1.12. The molecular formula is C18H17F3N2OS2. The van der Waals surface area contributed by atoms with Crippen molar-refractivity contribution in [1.82, 2.24) is 10.6 Å². The number of halogens is 3. The smallest absolute Gasteiger partial charge is 0.347 e. The van der Waals surface area contributed by atoms with Crippen molar-refractivity contribution in [3.8, 4) is 0 Å². The zero-order valence-electron chi connectivity index (χ0n) is 13.7. The maximum atomic E-state index is 12.8. The average Bonchev–Trinajstić information content (AvgIpc) is 3.31. The topological polar surface area (TPSA) is 41.1 Å². The van der Waals surface area contributed by atoms with E-state index in [4.69, 9.17) is 0 Å². The Morgan fingerprint density at radius 1 is 1.23 bits per heavy atom. The monoisotopic (exact) mass is 398 g/mol. The Bertz CT molecular complexity index is 821. The van der Waals surface area contributed by atoms with Crippen molar-refractivity contribution in [2.45, 2.75) is 52.7 Å². The number of carbonyl (C=O) groups excluding carboxylic acids is 1. The quantitative estimate of drug-likeness (QED) is 0.795. The molecule has 1 aromatic heterocycles. The number of rotatable bonds is 4. The summed E-state index contributed by atoms with van der Waals surface area (Å²) in [7, 11) is 0. The van der Waals surface area contributed by atoms with Crippen LogP contribution < -0.4 is 10.6 Å². The van der Waals surface area contributed by atoms with Gasteiger partial charge in [0.2, 0.25) is 0 Å². The van der Waals surface area contributed by atoms with Gasteiger partial charge in [0.1, 0.15) is 0 Å². The van der Waals surface area contributed by atoms with E-state index in [1.54, 1.807) is 18.2 Å². The highest BCUT2D eigenvalue weighted by Crippen LogP contribution is 2.37. The van der Waals surface area contributed by atoms with Gasteiger partial charge in [-0.1, -0.05) is 17.8 Å². The van der Waals surface area contributed by atoms with Crippen LogP contribution in [-0.2, 0) is 6.18 Å². The van der Waals surface area contributed by atoms with Crippen molar-refractivity contribution in [3.63, 3.8) is 0 Å². The molecule has 0 radical (unpaired) electrons. The molecule has 2 fully saturated rings. The van der Waals surface area contributed by atoms with Gasteiger partial charge in [0, 0.05) is 23.0 Å². The molecule has 8 heteroatoms. The molecule has 0 spiro atoms. The van der Waals surface area contributed by atoms with E-state index >= 15 is 0 Å². The van der Waals surface area contributed by atoms with Crippen molar-refractivity contribution < 1.29 is 18.0 Å². The second-order valence-corrected chi connectivity index (χ2v) is 9.07. The van der Waals surface area contributed by atoms with Crippen LogP contribution in [0.15, 0.2) is 45.5 Å². The van der Waals surface area contributed by atoms with Crippen LogP contribution in [-0.4, -0.2) is 24.0 Å². The predicted molar refractivity (Wildman–Crippen MR) is 95.7 cm³/mol. The van der Waals surface area contributed by atoms with Crippen LogP contribution in [0.4, 0.5) is 13.2 Å². The fourth-order valence-electron chi connectivity index (χ4n) is 3.57. The van der Waals surface area contributed by atoms with E-state index in [0.717, 1.165) is 29.2 Å². The molecule has 3 atom stereocenters. The van der Waals surface area contributed by atoms with Gasteiger partial charge < -0.3 is 10.6 Å². The van der Waals surface area contributed by atoms with Crippen molar-refractivity contribution in [2.24, 2.45) is 0 Å². The third-order valence-electron chi connectivity index (χ3n) is 4.80. The summed E-state index contributed by atoms with van der Waals surface area (Å²) < 4.78 is 39.2. The van der Waals surface area contributed by atoms with E-state index < -0.39 is 11.7 Å². The predicted octanol–water partition coefficient (Wildman–Crippen LogP) is 4.54. The second kappa shape index (κ2) is 6.90. The molecule has 4 rings (SSSR count). The summed E-state index contributed by atoms with van der Waals surface area (Å²) in [5, 5.41) is 6.57. The maximum absolute atomic E-state index is 12.8. The van der Waals surface area contributed by atoms with Crippen LogP contribution in [0.25, 0.3) is 0 Å². The van der Waals surface area contributed by atoms with Gasteiger partial charge in [0.05, 0.1) is 14.6 Å². The lowest BCUT2D eigenvalue weighted by Crippen LogP contribution is -2.42. The van der Waals surface area contributed by atoms with Gasteiger partial charge in [-0.3, -0.25) is 4.79 Å². The number of amides is 1. The van der Waals surface area contributed by atoms with Gasteiger partial charge in [-0.15, -0.1) is 11.3 Å². The molecule has 26 heavy (non-hydrogen) atoms. The Morgan fingerprint density at radius 2 is 2.08 bits per heavy atom. The molecule has 2 aliphatic rings. The van der Waals surface area contributed by atoms with Crippen LogP contribution in [0, 0.1) is 0 Å². The van der Waals surface area contributed by atoms with Gasteiger partial charge >= 0.3 is 6.18 Å². The van der Waals surface area contributed by atoms with Gasteiger partial charge in [0.15, 0.2) is 0 Å². The number of benzene rings is 1. The molecule has 3 nitrogen and oxygen atoms in total. The van der Waals surface area contributed by atoms with Crippen LogP contribution >= 0.6 is 23.1 Å². The average molecular weight is 398 g/mol. The molecule has 0 saturated carbocycles. The third kappa shape index (κ3) is 3.77. The molecule has 2 aliphatic heterocycles. The molecule has 0 aliphatic carbocycles. The molecule has 2 saturated heterocycles. The molecule has 2 bridgehead atoms. The van der Waals surface area contributed by atoms with Crippen LogP contribution in [0.1, 0.15) is 34.5 Å². The first kappa shape index (κ1) is 17.9. The minimum atomic E-state index is -4.36. The van der Waals surface area contributed by atoms with E-state index in [-0.39, 0.29) is 11.9 Å². The van der Waals surface area contributed by atoms with E-state index in [1.807, 2.05) is 0 Å². The van der Waals surface area contributed by atoms with Crippen molar-refractivity contribution in [3.05, 3.63) is 46.8 Å². The van der Waals surface area contributed by atoms with Crippen LogP contribution in [0.2, 0.25) is 0 Å². The number of nitrogens with one attached hydrogen (secondary N) is 2. The molecule has 3 heterocycles. The summed E-state index contributed by atoms with van der Waals surface area (Å²) in [6, 6.07) is 9.78. The minimum absolute atomic E-state index is 0.106. The standard InChI is InChI=1S/C18H17F3N2OS2/c19-18(20,21)10-2-1-3-12(8-10)25-16-7-6-15(26-16)17(24)23-14-9-11-4-5-13(14)22-11/h1-3,6-8,11,13-14,22H,4-5,9H2,(H,23,24)/t11-,13+,14-/m1/s1. The number of hydrogen-bond acceptors (Lipinski definition) is 4. The lowest BCUT2D eigenvalue weighted by Gasteiger charge is -2.20. The van der Waals surface area contributed by atoms with Gasteiger partial charge in [-0.05, 0) is 49.6 Å². The zero-order valence-corrected chi connectivity index (χ0v) is 15.3. The van der Waals surface area contributed by atoms with Crippen molar-refractivity contribution in [1.29, 1.82) is 0 Å². The van der Waals surface area contributed by atoms with E-state index in [0.29, 0.717) is 21.9 Å². The summed E-state index contributed by atoms with van der Waals surface area (Å²) >= 11 is 2.54. The van der Waals surface area contributed by atoms with E-state index in [9.17, 15) is 18.0 Å². The lowest BCUT2D eigenvalue weighted by molar-refractivity contribution is -0.137. The molecule has 1 amide bonds. The van der Waals surface area contributed by atoms with E-state index in [2.05, 4.69) is 10.6 Å². The summed E-state index contributed by atoms with van der Waals surface area (Å²) in [4.78, 5) is 13.5. The highest BCUT2D eigenvalue weighted by molar-refractivity contribution is 8.01. The van der Waals surface area contributed by atoms with E-state index in [1.165, 1.54) is 35.6 Å². The van der Waals surface area contributed by atoms with Gasteiger partial charge in [-0.25, -0.2) is 0 Å². The second-order valence-electron chi connectivity index (χ2n) is 6.61. The highest BCUT2D eigenvalue weighted by Gasteiger charge is 2.39. The first-order chi connectivity index (χ1) is 12.4. The van der Waals surface area contributed by atoms with Gasteiger partial charge in [-0.2, -0.15) is 13.2 Å². The van der Waals surface area contributed by atoms with Crippen LogP contribution in [0.3, 0.4) is 0 Å². The van der Waals surface area contributed by atoms with Crippen molar-refractivity contribution in [2.75, 3.05) is 0 Å². The Balaban J connectivity index is 1.41. The normalized spacial score (nSPS) is 24.8. The molecule has 0 unspecified atom stereocenters. The first-order valence-corrected chi connectivity index (χ1v) is 10.0. The number of thiophene rings is 1.